The van der Waals surface area contributed by atoms with Crippen molar-refractivity contribution in [2.75, 3.05) is 11.5 Å². The summed E-state index contributed by atoms with van der Waals surface area (Å²) in [5, 5.41) is 26.3. The number of aliphatic imine (C=N–C) groups is 2. The predicted octanol–water partition coefficient (Wildman–Crippen LogP) is 20.4. The average molecular weight is 1120 g/mol. The van der Waals surface area contributed by atoms with Crippen molar-refractivity contribution in [3.8, 4) is 0 Å². The van der Waals surface area contributed by atoms with Crippen molar-refractivity contribution in [2.24, 2.45) is 9.98 Å². The molecule has 1 aliphatic rings. The molecule has 0 fully saturated rings. The number of anilines is 2. The van der Waals surface area contributed by atoms with Crippen molar-refractivity contribution in [3.05, 3.63) is 243 Å². The van der Waals surface area contributed by atoms with Crippen molar-refractivity contribution in [2.45, 2.75) is 170 Å². The molecule has 10 heteroatoms. The Morgan fingerprint density at radius 2 is 0.595 bits per heavy atom. The standard InChI is InChI=1S/C74H84N6O4/c1-39(2)58-31-50(32-59(40(3)4)69(58)75)66(48-23-27-54(28-24-48)79(81)82)52-35-62(43(9)10)71(63(36-52)44(11)12)77-73-56-21-17-19-47-20-18-22-57(68(47)56)74(73)78-72-64(45(13)14)37-53(38-65(72)46(15)16)67(49-25-29-55(30-26-49)80(83)84)51-33-60(41(5)6)70(76)61(34-51)42(7)8/h17-46,66-67H,75-76H2,1-16H3. The molecule has 8 aromatic carbocycles. The third kappa shape index (κ3) is 11.6. The summed E-state index contributed by atoms with van der Waals surface area (Å²) < 4.78 is 0. The lowest BCUT2D eigenvalue weighted by Gasteiger charge is -2.27. The Labute approximate surface area is 497 Å². The first-order valence-electron chi connectivity index (χ1n) is 30.2. The van der Waals surface area contributed by atoms with Gasteiger partial charge in [0.1, 0.15) is 0 Å². The quantitative estimate of drug-likeness (QED) is 0.0376. The lowest BCUT2D eigenvalue weighted by atomic mass is 9.78. The Balaban J connectivity index is 1.31. The van der Waals surface area contributed by atoms with Crippen LogP contribution >= 0.6 is 0 Å². The molecule has 0 saturated carbocycles. The van der Waals surface area contributed by atoms with Gasteiger partial charge in [0.25, 0.3) is 11.4 Å². The van der Waals surface area contributed by atoms with Crippen LogP contribution in [0.15, 0.2) is 143 Å². The summed E-state index contributed by atoms with van der Waals surface area (Å²) in [4.78, 5) is 35.3. The molecule has 84 heavy (non-hydrogen) atoms. The Bertz CT molecular complexity index is 3530. The van der Waals surface area contributed by atoms with Gasteiger partial charge >= 0.3 is 0 Å². The second kappa shape index (κ2) is 24.2. The monoisotopic (exact) mass is 1120 g/mol. The van der Waals surface area contributed by atoms with Crippen LogP contribution in [-0.4, -0.2) is 21.3 Å². The molecule has 4 N–H and O–H groups in total. The van der Waals surface area contributed by atoms with Crippen LogP contribution in [-0.2, 0) is 0 Å². The Morgan fingerprint density at radius 1 is 0.345 bits per heavy atom. The van der Waals surface area contributed by atoms with Crippen molar-refractivity contribution >= 4 is 56.3 Å². The van der Waals surface area contributed by atoms with E-state index in [2.05, 4.69) is 196 Å². The third-order valence-electron chi connectivity index (χ3n) is 17.2. The van der Waals surface area contributed by atoms with E-state index >= 15 is 0 Å². The number of nitrogen functional groups attached to an aromatic ring is 2. The molecular formula is C74H84N6O4. The topological polar surface area (TPSA) is 163 Å². The predicted molar refractivity (Wildman–Crippen MR) is 352 cm³/mol. The van der Waals surface area contributed by atoms with Crippen LogP contribution in [0.2, 0.25) is 0 Å². The van der Waals surface area contributed by atoms with Gasteiger partial charge in [0.15, 0.2) is 0 Å². The van der Waals surface area contributed by atoms with E-state index in [0.717, 1.165) is 134 Å². The normalized spacial score (nSPS) is 14.3. The molecule has 0 heterocycles. The van der Waals surface area contributed by atoms with Crippen molar-refractivity contribution in [3.63, 3.8) is 0 Å². The van der Waals surface area contributed by atoms with E-state index in [9.17, 15) is 20.2 Å². The van der Waals surface area contributed by atoms with Crippen LogP contribution in [0.5, 0.6) is 0 Å². The van der Waals surface area contributed by atoms with E-state index < -0.39 is 0 Å². The van der Waals surface area contributed by atoms with Crippen molar-refractivity contribution < 1.29 is 9.85 Å². The van der Waals surface area contributed by atoms with E-state index in [0.29, 0.717) is 0 Å². The zero-order valence-electron chi connectivity index (χ0n) is 52.1. The summed E-state index contributed by atoms with van der Waals surface area (Å²) >= 11 is 0. The molecule has 0 amide bonds. The molecule has 2 atom stereocenters. The number of nitrogens with zero attached hydrogens (tertiary/aromatic N) is 4. The number of non-ortho nitro benzene ring substituents is 2. The lowest BCUT2D eigenvalue weighted by molar-refractivity contribution is -0.385. The lowest BCUT2D eigenvalue weighted by Crippen LogP contribution is -2.13. The van der Waals surface area contributed by atoms with Gasteiger partial charge < -0.3 is 11.5 Å². The summed E-state index contributed by atoms with van der Waals surface area (Å²) in [7, 11) is 0. The molecule has 434 valence electrons. The van der Waals surface area contributed by atoms with Crippen molar-refractivity contribution in [1.29, 1.82) is 0 Å². The van der Waals surface area contributed by atoms with E-state index in [-0.39, 0.29) is 80.4 Å². The maximum absolute atomic E-state index is 12.0. The van der Waals surface area contributed by atoms with E-state index in [4.69, 9.17) is 21.5 Å². The van der Waals surface area contributed by atoms with Gasteiger partial charge in [0.2, 0.25) is 0 Å². The minimum atomic E-state index is -0.341. The molecule has 1 aliphatic carbocycles. The number of benzene rings is 8. The summed E-state index contributed by atoms with van der Waals surface area (Å²) in [5.41, 5.74) is 36.1. The minimum absolute atomic E-state index is 0.0458. The Hall–Kier alpha value is -8.24. The van der Waals surface area contributed by atoms with Crippen LogP contribution < -0.4 is 11.5 Å². The zero-order valence-corrected chi connectivity index (χ0v) is 52.1. The summed E-state index contributed by atoms with van der Waals surface area (Å²) in [6, 6.07) is 45.3. The third-order valence-corrected chi connectivity index (χ3v) is 17.2. The van der Waals surface area contributed by atoms with E-state index in [1.807, 2.05) is 24.3 Å². The molecule has 0 spiro atoms. The molecule has 10 nitrogen and oxygen atoms in total. The highest BCUT2D eigenvalue weighted by molar-refractivity contribution is 6.61. The molecule has 0 saturated heterocycles. The molecule has 0 radical (unpaired) electrons. The number of nitrogens with two attached hydrogens (primary N) is 2. The van der Waals surface area contributed by atoms with Crippen LogP contribution in [0.1, 0.15) is 259 Å². The van der Waals surface area contributed by atoms with Gasteiger partial charge in [-0.2, -0.15) is 0 Å². The molecular weight excluding hydrogens is 1040 g/mol. The fourth-order valence-corrected chi connectivity index (χ4v) is 12.6. The molecule has 8 aromatic rings. The maximum atomic E-state index is 12.0. The fraction of sp³-hybridized carbons (Fsp3) is 0.351. The number of nitro groups is 2. The van der Waals surface area contributed by atoms with Crippen LogP contribution in [0.4, 0.5) is 34.1 Å². The van der Waals surface area contributed by atoms with Crippen molar-refractivity contribution in [1.82, 2.24) is 0 Å². The van der Waals surface area contributed by atoms with Crippen LogP contribution in [0.25, 0.3) is 10.8 Å². The maximum Gasteiger partial charge on any atom is 0.269 e. The number of hydrogen-bond acceptors (Lipinski definition) is 8. The van der Waals surface area contributed by atoms with Crippen LogP contribution in [0.3, 0.4) is 0 Å². The van der Waals surface area contributed by atoms with Crippen LogP contribution in [0, 0.1) is 20.2 Å². The first-order chi connectivity index (χ1) is 39.8. The Kier molecular flexibility index (Phi) is 17.4. The van der Waals surface area contributed by atoms with Gasteiger partial charge in [-0.3, -0.25) is 20.2 Å². The molecule has 9 rings (SSSR count). The number of hydrogen-bond donors (Lipinski definition) is 2. The molecule has 0 aromatic heterocycles. The zero-order chi connectivity index (χ0) is 60.9. The van der Waals surface area contributed by atoms with Gasteiger partial charge in [0, 0.05) is 64.0 Å². The highest BCUT2D eigenvalue weighted by Crippen LogP contribution is 2.48. The summed E-state index contributed by atoms with van der Waals surface area (Å²) in [6.45, 7) is 35.3. The Morgan fingerprint density at radius 3 is 0.833 bits per heavy atom. The number of rotatable bonds is 18. The first kappa shape index (κ1) is 60.4. The highest BCUT2D eigenvalue weighted by atomic mass is 16.6. The average Bonchev–Trinajstić information content (AvgIpc) is 3.24. The van der Waals surface area contributed by atoms with Gasteiger partial charge in [-0.05, 0) is 131 Å². The van der Waals surface area contributed by atoms with Gasteiger partial charge in [0.05, 0.1) is 32.6 Å². The van der Waals surface area contributed by atoms with Gasteiger partial charge in [-0.1, -0.05) is 220 Å². The molecule has 0 aliphatic heterocycles. The van der Waals surface area contributed by atoms with E-state index in [1.165, 1.54) is 0 Å². The smallest absolute Gasteiger partial charge is 0.269 e. The summed E-state index contributed by atoms with van der Waals surface area (Å²) in [5.74, 6) is 0.322. The highest BCUT2D eigenvalue weighted by Gasteiger charge is 2.33. The SMILES string of the molecule is CC(C)c1cc(C(c2ccc([N+](=O)[O-])cc2)c2cc(C(C)C)c(N=C3C(=Nc4c(C(C)C)cc(C(c5ccc([N+](=O)[O-])cc5)c5cc(C(C)C)c(N)c(C(C)C)c5)cc4C(C)C)c4cccc5cccc3c45)c(C(C)C)c2)cc(C(C)C)c1N. The fourth-order valence-electron chi connectivity index (χ4n) is 12.6. The minimum Gasteiger partial charge on any atom is -0.398 e. The van der Waals surface area contributed by atoms with Gasteiger partial charge in [-0.15, -0.1) is 0 Å². The summed E-state index contributed by atoms with van der Waals surface area (Å²) in [6.07, 6.45) is 0. The second-order valence-electron chi connectivity index (χ2n) is 25.8. The second-order valence-corrected chi connectivity index (χ2v) is 25.8. The van der Waals surface area contributed by atoms with Gasteiger partial charge in [-0.25, -0.2) is 9.98 Å². The molecule has 2 unspecified atom stereocenters. The first-order valence-corrected chi connectivity index (χ1v) is 30.2. The molecule has 0 bridgehead atoms. The number of nitro benzene ring substituents is 2. The van der Waals surface area contributed by atoms with E-state index in [1.54, 1.807) is 24.3 Å². The largest absolute Gasteiger partial charge is 0.398 e.